The van der Waals surface area contributed by atoms with E-state index in [0.29, 0.717) is 23.3 Å². The lowest BCUT2D eigenvalue weighted by molar-refractivity contribution is -0.385. The van der Waals surface area contributed by atoms with E-state index in [1.54, 1.807) is 49.4 Å². The first-order valence-corrected chi connectivity index (χ1v) is 6.71. The Bertz CT molecular complexity index is 613. The van der Waals surface area contributed by atoms with E-state index in [0.717, 1.165) is 0 Å². The van der Waals surface area contributed by atoms with Gasteiger partial charge in [-0.3, -0.25) is 10.1 Å². The molecule has 0 aliphatic carbocycles. The second-order valence-electron chi connectivity index (χ2n) is 4.62. The second kappa shape index (κ2) is 6.83. The quantitative estimate of drug-likeness (QED) is 0.577. The summed E-state index contributed by atoms with van der Waals surface area (Å²) in [6.45, 7) is 1.88. The summed E-state index contributed by atoms with van der Waals surface area (Å²) >= 11 is 0. The zero-order valence-corrected chi connectivity index (χ0v) is 11.7. The molecule has 0 saturated carbocycles. The van der Waals surface area contributed by atoms with Gasteiger partial charge in [0.1, 0.15) is 18.5 Å². The summed E-state index contributed by atoms with van der Waals surface area (Å²) in [5.74, 6) is 0.556. The number of hydrogen-bond acceptors (Lipinski definition) is 3. The third kappa shape index (κ3) is 3.78. The monoisotopic (exact) mass is 289 g/mol. The Morgan fingerprint density at radius 3 is 2.48 bits per heavy atom. The van der Waals surface area contributed by atoms with Crippen molar-refractivity contribution in [1.29, 1.82) is 0 Å². The molecule has 0 bridgehead atoms. The summed E-state index contributed by atoms with van der Waals surface area (Å²) in [5, 5.41) is 10.9. The minimum absolute atomic E-state index is 0.0314. The summed E-state index contributed by atoms with van der Waals surface area (Å²) in [4.78, 5) is 10.5. The van der Waals surface area contributed by atoms with E-state index in [2.05, 4.69) is 0 Å². The number of hydrogen-bond donors (Lipinski definition) is 0. The summed E-state index contributed by atoms with van der Waals surface area (Å²) in [5.41, 5.74) is 1.14. The van der Waals surface area contributed by atoms with Gasteiger partial charge in [-0.1, -0.05) is 31.2 Å². The zero-order chi connectivity index (χ0) is 15.2. The van der Waals surface area contributed by atoms with Crippen LogP contribution in [0.3, 0.4) is 0 Å². The van der Waals surface area contributed by atoms with Crippen LogP contribution >= 0.6 is 0 Å². The van der Waals surface area contributed by atoms with Crippen LogP contribution in [0.15, 0.2) is 48.5 Å². The molecule has 5 heteroatoms. The Kier molecular flexibility index (Phi) is 4.87. The molecule has 2 aromatic carbocycles. The maximum atomic E-state index is 13.5. The number of nitro groups is 1. The smallest absolute Gasteiger partial charge is 0.276 e. The van der Waals surface area contributed by atoms with Crippen LogP contribution in [-0.4, -0.2) is 4.92 Å². The van der Waals surface area contributed by atoms with Gasteiger partial charge >= 0.3 is 0 Å². The van der Waals surface area contributed by atoms with Crippen molar-refractivity contribution >= 4 is 5.69 Å². The number of nitrogens with zero attached hydrogens (tertiary/aromatic N) is 1. The lowest BCUT2D eigenvalue weighted by atomic mass is 10.1. The first kappa shape index (κ1) is 15.0. The first-order chi connectivity index (χ1) is 10.1. The third-order valence-electron chi connectivity index (χ3n) is 3.18. The molecule has 0 amide bonds. The molecule has 0 spiro atoms. The normalized spacial score (nSPS) is 11.9. The van der Waals surface area contributed by atoms with Gasteiger partial charge in [0.05, 0.1) is 10.5 Å². The molecule has 21 heavy (non-hydrogen) atoms. The average molecular weight is 289 g/mol. The Labute approximate surface area is 122 Å². The number of nitro benzene ring substituents is 1. The summed E-state index contributed by atoms with van der Waals surface area (Å²) in [6, 6.07) is 13.1. The highest BCUT2D eigenvalue weighted by Gasteiger charge is 2.13. The zero-order valence-electron chi connectivity index (χ0n) is 11.7. The molecule has 2 rings (SSSR count). The van der Waals surface area contributed by atoms with Crippen molar-refractivity contribution in [3.63, 3.8) is 0 Å². The predicted molar refractivity (Wildman–Crippen MR) is 78.0 cm³/mol. The molecule has 0 saturated heterocycles. The molecule has 1 unspecified atom stereocenters. The first-order valence-electron chi connectivity index (χ1n) is 6.71. The molecule has 0 radical (unpaired) electrons. The van der Waals surface area contributed by atoms with Gasteiger partial charge in [0.15, 0.2) is 0 Å². The highest BCUT2D eigenvalue weighted by molar-refractivity contribution is 5.39. The van der Waals surface area contributed by atoms with E-state index < -0.39 is 11.1 Å². The van der Waals surface area contributed by atoms with Crippen molar-refractivity contribution < 1.29 is 14.1 Å². The van der Waals surface area contributed by atoms with Crippen molar-refractivity contribution in [2.24, 2.45) is 0 Å². The molecule has 2 aromatic rings. The molecule has 0 aliphatic rings. The van der Waals surface area contributed by atoms with Gasteiger partial charge in [-0.2, -0.15) is 0 Å². The van der Waals surface area contributed by atoms with Crippen LogP contribution in [0.2, 0.25) is 0 Å². The number of rotatable bonds is 6. The molecular formula is C16H16FNO3. The Balaban J connectivity index is 2.05. The van der Waals surface area contributed by atoms with E-state index >= 15 is 0 Å². The fraction of sp³-hybridized carbons (Fsp3) is 0.250. The molecule has 4 nitrogen and oxygen atoms in total. The van der Waals surface area contributed by atoms with E-state index in [1.165, 1.54) is 6.07 Å². The predicted octanol–water partition coefficient (Wildman–Crippen LogP) is 4.59. The average Bonchev–Trinajstić information content (AvgIpc) is 2.52. The van der Waals surface area contributed by atoms with Crippen LogP contribution < -0.4 is 4.74 Å². The van der Waals surface area contributed by atoms with Crippen molar-refractivity contribution in [3.05, 3.63) is 69.8 Å². The molecule has 0 heterocycles. The highest BCUT2D eigenvalue weighted by atomic mass is 19.1. The van der Waals surface area contributed by atoms with Gasteiger partial charge in [-0.15, -0.1) is 0 Å². The topological polar surface area (TPSA) is 52.4 Å². The van der Waals surface area contributed by atoms with Gasteiger partial charge in [0, 0.05) is 6.07 Å². The van der Waals surface area contributed by atoms with Crippen LogP contribution in [0, 0.1) is 10.1 Å². The van der Waals surface area contributed by atoms with E-state index in [1.807, 2.05) is 0 Å². The summed E-state index contributed by atoms with van der Waals surface area (Å²) in [6.07, 6.45) is -0.551. The minimum Gasteiger partial charge on any atom is -0.489 e. The fourth-order valence-electron chi connectivity index (χ4n) is 1.98. The summed E-state index contributed by atoms with van der Waals surface area (Å²) in [7, 11) is 0. The maximum Gasteiger partial charge on any atom is 0.276 e. The molecular weight excluding hydrogens is 273 g/mol. The highest BCUT2D eigenvalue weighted by Crippen LogP contribution is 2.24. The van der Waals surface area contributed by atoms with Crippen LogP contribution in [0.1, 0.15) is 30.6 Å². The lowest BCUT2D eigenvalue weighted by Crippen LogP contribution is -2.00. The van der Waals surface area contributed by atoms with E-state index in [-0.39, 0.29) is 12.3 Å². The second-order valence-corrected chi connectivity index (χ2v) is 4.62. The lowest BCUT2D eigenvalue weighted by Gasteiger charge is -2.09. The van der Waals surface area contributed by atoms with Crippen LogP contribution in [0.25, 0.3) is 0 Å². The van der Waals surface area contributed by atoms with Crippen LogP contribution in [0.4, 0.5) is 10.1 Å². The van der Waals surface area contributed by atoms with Gasteiger partial charge in [0.25, 0.3) is 5.69 Å². The van der Waals surface area contributed by atoms with Crippen molar-refractivity contribution in [2.75, 3.05) is 0 Å². The Morgan fingerprint density at radius 1 is 1.19 bits per heavy atom. The molecule has 0 aromatic heterocycles. The van der Waals surface area contributed by atoms with Crippen molar-refractivity contribution in [2.45, 2.75) is 26.1 Å². The molecule has 0 N–H and O–H groups in total. The number of para-hydroxylation sites is 1. The minimum atomic E-state index is -0.978. The number of alkyl halides is 1. The molecule has 1 atom stereocenters. The van der Waals surface area contributed by atoms with Gasteiger partial charge in [-0.25, -0.2) is 4.39 Å². The Hall–Kier alpha value is -2.43. The van der Waals surface area contributed by atoms with Crippen LogP contribution in [-0.2, 0) is 6.61 Å². The van der Waals surface area contributed by atoms with Gasteiger partial charge < -0.3 is 4.74 Å². The van der Waals surface area contributed by atoms with Crippen molar-refractivity contribution in [1.82, 2.24) is 0 Å². The number of benzene rings is 2. The number of halogens is 1. The van der Waals surface area contributed by atoms with E-state index in [9.17, 15) is 14.5 Å². The fourth-order valence-corrected chi connectivity index (χ4v) is 1.98. The van der Waals surface area contributed by atoms with Gasteiger partial charge in [0.2, 0.25) is 0 Å². The van der Waals surface area contributed by atoms with Crippen LogP contribution in [0.5, 0.6) is 5.75 Å². The SMILES string of the molecule is CCC(F)c1ccc(OCc2ccccc2[N+](=O)[O-])cc1. The summed E-state index contributed by atoms with van der Waals surface area (Å²) < 4.78 is 19.0. The molecule has 0 fully saturated rings. The molecule has 0 aliphatic heterocycles. The Morgan fingerprint density at radius 2 is 1.86 bits per heavy atom. The van der Waals surface area contributed by atoms with Crippen molar-refractivity contribution in [3.8, 4) is 5.75 Å². The maximum absolute atomic E-state index is 13.5. The molecule has 110 valence electrons. The largest absolute Gasteiger partial charge is 0.489 e. The number of ether oxygens (including phenoxy) is 1. The van der Waals surface area contributed by atoms with Gasteiger partial charge in [-0.05, 0) is 30.2 Å². The standard InChI is InChI=1S/C16H16FNO3/c1-2-15(17)12-7-9-14(10-8-12)21-11-13-5-3-4-6-16(13)18(19)20/h3-10,15H,2,11H2,1H3. The third-order valence-corrected chi connectivity index (χ3v) is 3.18. The van der Waals surface area contributed by atoms with E-state index in [4.69, 9.17) is 4.74 Å².